The number of carbonyl (C=O) groups excluding carboxylic acids is 2. The van der Waals surface area contributed by atoms with E-state index in [2.05, 4.69) is 10.3 Å². The molecule has 0 saturated carbocycles. The molecule has 1 fully saturated rings. The number of nitrogens with zero attached hydrogens (tertiary/aromatic N) is 2. The van der Waals surface area contributed by atoms with Gasteiger partial charge in [-0.15, -0.1) is 0 Å². The number of aromatic nitrogens is 1. The maximum absolute atomic E-state index is 12.3. The molecular formula is C17H12ClN3O2S2. The first kappa shape index (κ1) is 17.6. The molecule has 0 radical (unpaired) electrons. The van der Waals surface area contributed by atoms with Gasteiger partial charge in [-0.1, -0.05) is 47.7 Å². The standard InChI is InChI=1S/C17H12ClN3O2S2/c1-21-16(23)14(25-17(21)24)8-10-2-4-11(5-3-10)15(22)20-13-6-7-19-9-12(13)18/h2-9H,1H3,(H,19,20,22)/b14-8+. The van der Waals surface area contributed by atoms with Crippen molar-refractivity contribution in [3.63, 3.8) is 0 Å². The average Bonchev–Trinajstić information content (AvgIpc) is 2.84. The molecule has 25 heavy (non-hydrogen) atoms. The number of hydrogen-bond donors (Lipinski definition) is 1. The Labute approximate surface area is 159 Å². The summed E-state index contributed by atoms with van der Waals surface area (Å²) in [6, 6.07) is 8.53. The zero-order valence-electron chi connectivity index (χ0n) is 13.0. The third kappa shape index (κ3) is 3.89. The quantitative estimate of drug-likeness (QED) is 0.638. The van der Waals surface area contributed by atoms with Crippen molar-refractivity contribution in [2.75, 3.05) is 12.4 Å². The summed E-state index contributed by atoms with van der Waals surface area (Å²) >= 11 is 12.3. The first-order valence-corrected chi connectivity index (χ1v) is 8.78. The second-order valence-electron chi connectivity index (χ2n) is 5.17. The molecule has 8 heteroatoms. The summed E-state index contributed by atoms with van der Waals surface area (Å²) in [7, 11) is 1.65. The van der Waals surface area contributed by atoms with Gasteiger partial charge >= 0.3 is 0 Å². The Bertz CT molecular complexity index is 897. The molecule has 1 aliphatic rings. The molecule has 2 heterocycles. The van der Waals surface area contributed by atoms with Crippen LogP contribution in [0.4, 0.5) is 5.69 Å². The van der Waals surface area contributed by atoms with Crippen LogP contribution in [-0.4, -0.2) is 33.1 Å². The summed E-state index contributed by atoms with van der Waals surface area (Å²) in [5.74, 6) is -0.399. The van der Waals surface area contributed by atoms with E-state index in [0.717, 1.165) is 5.56 Å². The van der Waals surface area contributed by atoms with Crippen molar-refractivity contribution >= 4 is 63.5 Å². The van der Waals surface area contributed by atoms with Crippen LogP contribution < -0.4 is 5.32 Å². The number of hydrogen-bond acceptors (Lipinski definition) is 5. The van der Waals surface area contributed by atoms with Gasteiger partial charge in [0.25, 0.3) is 11.8 Å². The molecule has 1 saturated heterocycles. The van der Waals surface area contributed by atoms with E-state index >= 15 is 0 Å². The van der Waals surface area contributed by atoms with E-state index < -0.39 is 0 Å². The van der Waals surface area contributed by atoms with Gasteiger partial charge < -0.3 is 5.32 Å². The number of thiocarbonyl (C=S) groups is 1. The first-order chi connectivity index (χ1) is 12.0. The summed E-state index contributed by atoms with van der Waals surface area (Å²) in [5.41, 5.74) is 1.79. The largest absolute Gasteiger partial charge is 0.321 e. The Kier molecular flexibility index (Phi) is 5.17. The summed E-state index contributed by atoms with van der Waals surface area (Å²) in [4.78, 5) is 30.1. The van der Waals surface area contributed by atoms with Gasteiger partial charge in [-0.05, 0) is 29.8 Å². The maximum atomic E-state index is 12.3. The lowest BCUT2D eigenvalue weighted by Gasteiger charge is -2.07. The Balaban J connectivity index is 1.74. The highest BCUT2D eigenvalue weighted by Gasteiger charge is 2.28. The number of likely N-dealkylation sites (N-methyl/N-ethyl adjacent to an activating group) is 1. The molecule has 2 amide bonds. The third-order valence-corrected chi connectivity index (χ3v) is 5.26. The number of amides is 2. The lowest BCUT2D eigenvalue weighted by atomic mass is 10.1. The van der Waals surface area contributed by atoms with Crippen molar-refractivity contribution in [1.82, 2.24) is 9.88 Å². The van der Waals surface area contributed by atoms with Gasteiger partial charge in [-0.3, -0.25) is 19.5 Å². The minimum Gasteiger partial charge on any atom is -0.321 e. The van der Waals surface area contributed by atoms with Gasteiger partial charge in [-0.2, -0.15) is 0 Å². The van der Waals surface area contributed by atoms with E-state index in [0.29, 0.717) is 25.5 Å². The van der Waals surface area contributed by atoms with Crippen LogP contribution in [0.15, 0.2) is 47.6 Å². The van der Waals surface area contributed by atoms with Gasteiger partial charge in [-0.25, -0.2) is 0 Å². The molecule has 126 valence electrons. The zero-order chi connectivity index (χ0) is 18.0. The van der Waals surface area contributed by atoms with Crippen LogP contribution in [0.2, 0.25) is 5.02 Å². The zero-order valence-corrected chi connectivity index (χ0v) is 15.4. The summed E-state index contributed by atoms with van der Waals surface area (Å²) in [6.45, 7) is 0. The van der Waals surface area contributed by atoms with Crippen LogP contribution in [0.25, 0.3) is 6.08 Å². The number of anilines is 1. The Morgan fingerprint density at radius 3 is 2.64 bits per heavy atom. The van der Waals surface area contributed by atoms with E-state index in [-0.39, 0.29) is 11.8 Å². The fourth-order valence-corrected chi connectivity index (χ4v) is 3.44. The predicted octanol–water partition coefficient (Wildman–Crippen LogP) is 3.82. The number of thioether (sulfide) groups is 1. The number of nitrogens with one attached hydrogen (secondary N) is 1. The Morgan fingerprint density at radius 2 is 2.04 bits per heavy atom. The van der Waals surface area contributed by atoms with E-state index in [1.807, 2.05) is 0 Å². The topological polar surface area (TPSA) is 62.3 Å². The van der Waals surface area contributed by atoms with Crippen LogP contribution in [-0.2, 0) is 4.79 Å². The van der Waals surface area contributed by atoms with E-state index in [1.165, 1.54) is 22.9 Å². The number of halogens is 1. The minimum atomic E-state index is -0.278. The average molecular weight is 390 g/mol. The Morgan fingerprint density at radius 1 is 1.32 bits per heavy atom. The molecular weight excluding hydrogens is 378 g/mol. The predicted molar refractivity (Wildman–Crippen MR) is 105 cm³/mol. The monoisotopic (exact) mass is 389 g/mol. The maximum Gasteiger partial charge on any atom is 0.265 e. The van der Waals surface area contributed by atoms with E-state index in [1.54, 1.807) is 49.7 Å². The van der Waals surface area contributed by atoms with Crippen LogP contribution in [0, 0.1) is 0 Å². The molecule has 0 unspecified atom stereocenters. The highest BCUT2D eigenvalue weighted by molar-refractivity contribution is 8.26. The lowest BCUT2D eigenvalue weighted by Crippen LogP contribution is -2.22. The smallest absolute Gasteiger partial charge is 0.265 e. The number of pyridine rings is 1. The van der Waals surface area contributed by atoms with Gasteiger partial charge in [0.2, 0.25) is 0 Å². The van der Waals surface area contributed by atoms with E-state index in [4.69, 9.17) is 23.8 Å². The summed E-state index contributed by atoms with van der Waals surface area (Å²) < 4.78 is 0.529. The highest BCUT2D eigenvalue weighted by Crippen LogP contribution is 2.31. The van der Waals surface area contributed by atoms with Gasteiger partial charge in [0, 0.05) is 25.0 Å². The Hall–Kier alpha value is -2.22. The van der Waals surface area contributed by atoms with Crippen LogP contribution in [0.1, 0.15) is 15.9 Å². The molecule has 1 N–H and O–H groups in total. The fraction of sp³-hybridized carbons (Fsp3) is 0.0588. The molecule has 2 aromatic rings. The fourth-order valence-electron chi connectivity index (χ4n) is 2.10. The molecule has 3 rings (SSSR count). The van der Waals surface area contributed by atoms with Crippen molar-refractivity contribution in [2.24, 2.45) is 0 Å². The number of benzene rings is 1. The van der Waals surface area contributed by atoms with Crippen molar-refractivity contribution < 1.29 is 9.59 Å². The third-order valence-electron chi connectivity index (χ3n) is 3.48. The van der Waals surface area contributed by atoms with Crippen molar-refractivity contribution in [1.29, 1.82) is 0 Å². The van der Waals surface area contributed by atoms with Crippen molar-refractivity contribution in [3.05, 3.63) is 63.8 Å². The molecule has 0 aliphatic carbocycles. The molecule has 1 aromatic carbocycles. The van der Waals surface area contributed by atoms with Gasteiger partial charge in [0.05, 0.1) is 15.6 Å². The van der Waals surface area contributed by atoms with Crippen LogP contribution >= 0.6 is 35.6 Å². The minimum absolute atomic E-state index is 0.121. The molecule has 1 aromatic heterocycles. The molecule has 5 nitrogen and oxygen atoms in total. The summed E-state index contributed by atoms with van der Waals surface area (Å²) in [5, 5.41) is 3.10. The second kappa shape index (κ2) is 7.35. The van der Waals surface area contributed by atoms with Gasteiger partial charge in [0.15, 0.2) is 0 Å². The van der Waals surface area contributed by atoms with E-state index in [9.17, 15) is 9.59 Å². The first-order valence-electron chi connectivity index (χ1n) is 7.18. The van der Waals surface area contributed by atoms with Crippen molar-refractivity contribution in [2.45, 2.75) is 0 Å². The number of rotatable bonds is 3. The number of carbonyl (C=O) groups is 2. The van der Waals surface area contributed by atoms with Crippen molar-refractivity contribution in [3.8, 4) is 0 Å². The van der Waals surface area contributed by atoms with Crippen LogP contribution in [0.3, 0.4) is 0 Å². The molecule has 0 bridgehead atoms. The normalized spacial score (nSPS) is 15.8. The van der Waals surface area contributed by atoms with Gasteiger partial charge in [0.1, 0.15) is 4.32 Å². The lowest BCUT2D eigenvalue weighted by molar-refractivity contribution is -0.121. The van der Waals surface area contributed by atoms with Crippen LogP contribution in [0.5, 0.6) is 0 Å². The SMILES string of the molecule is CN1C(=O)/C(=C\c2ccc(C(=O)Nc3ccncc3Cl)cc2)SC1=S. The molecule has 0 atom stereocenters. The summed E-state index contributed by atoms with van der Waals surface area (Å²) in [6.07, 6.45) is 4.77. The second-order valence-corrected chi connectivity index (χ2v) is 7.26. The molecule has 0 spiro atoms. The molecule has 1 aliphatic heterocycles. The highest BCUT2D eigenvalue weighted by atomic mass is 35.5.